The summed E-state index contributed by atoms with van der Waals surface area (Å²) in [6, 6.07) is 11.4. The molecule has 1 atom stereocenters. The minimum Gasteiger partial charge on any atom is -0.323 e. The van der Waals surface area contributed by atoms with Crippen LogP contribution in [0.2, 0.25) is 0 Å². The van der Waals surface area contributed by atoms with Gasteiger partial charge in [-0.25, -0.2) is 19.6 Å². The molecule has 1 aromatic carbocycles. The molecule has 1 unspecified atom stereocenters. The van der Waals surface area contributed by atoms with Gasteiger partial charge >= 0.3 is 12.1 Å². The van der Waals surface area contributed by atoms with Crippen LogP contribution in [0, 0.1) is 5.95 Å². The SMILES string of the molecule is CN1CCN(C(=O)N2c3ccccc3C(c3c(F)nc4ccccn34)N2C(=O)N2CCCCCC2)CC1. The Morgan fingerprint density at radius 3 is 2.27 bits per heavy atom. The average Bonchev–Trinajstić information content (AvgIpc) is 3.26. The lowest BCUT2D eigenvalue weighted by molar-refractivity contribution is 0.123. The van der Waals surface area contributed by atoms with Crippen LogP contribution in [0.3, 0.4) is 0 Å². The molecule has 194 valence electrons. The molecule has 0 N–H and O–H groups in total. The summed E-state index contributed by atoms with van der Waals surface area (Å²) in [6.45, 7) is 3.87. The van der Waals surface area contributed by atoms with E-state index in [9.17, 15) is 9.59 Å². The summed E-state index contributed by atoms with van der Waals surface area (Å²) < 4.78 is 17.3. The number of hydrogen-bond donors (Lipinski definition) is 0. The zero-order valence-electron chi connectivity index (χ0n) is 21.1. The molecule has 4 amide bonds. The second kappa shape index (κ2) is 9.66. The number of halogens is 1. The lowest BCUT2D eigenvalue weighted by Crippen LogP contribution is -2.59. The average molecular weight is 506 g/mol. The normalized spacial score (nSPS) is 20.9. The lowest BCUT2D eigenvalue weighted by atomic mass is 10.0. The van der Waals surface area contributed by atoms with Gasteiger partial charge in [-0.05, 0) is 38.1 Å². The molecule has 0 radical (unpaired) electrons. The number of benzene rings is 1. The second-order valence-electron chi connectivity index (χ2n) is 10.1. The fourth-order valence-corrected chi connectivity index (χ4v) is 5.70. The van der Waals surface area contributed by atoms with Gasteiger partial charge in [-0.3, -0.25) is 4.40 Å². The molecular weight excluding hydrogens is 473 g/mol. The molecule has 9 nitrogen and oxygen atoms in total. The van der Waals surface area contributed by atoms with E-state index in [1.807, 2.05) is 42.3 Å². The molecule has 2 saturated heterocycles. The number of likely N-dealkylation sites (tertiary alicyclic amines) is 1. The zero-order chi connectivity index (χ0) is 25.5. The number of anilines is 1. The molecule has 0 bridgehead atoms. The number of urea groups is 2. The van der Waals surface area contributed by atoms with Crippen molar-refractivity contribution in [3.63, 3.8) is 0 Å². The first-order chi connectivity index (χ1) is 18.0. The third-order valence-electron chi connectivity index (χ3n) is 7.73. The van der Waals surface area contributed by atoms with Crippen molar-refractivity contribution < 1.29 is 14.0 Å². The van der Waals surface area contributed by atoms with Gasteiger partial charge in [-0.2, -0.15) is 9.40 Å². The lowest BCUT2D eigenvalue weighted by Gasteiger charge is -2.40. The zero-order valence-corrected chi connectivity index (χ0v) is 21.1. The van der Waals surface area contributed by atoms with Crippen LogP contribution in [0.5, 0.6) is 0 Å². The number of pyridine rings is 1. The molecule has 0 aliphatic carbocycles. The Labute approximate surface area is 215 Å². The Kier molecular flexibility index (Phi) is 6.19. The summed E-state index contributed by atoms with van der Waals surface area (Å²) in [6.07, 6.45) is 5.71. The Morgan fingerprint density at radius 1 is 0.838 bits per heavy atom. The van der Waals surface area contributed by atoms with Crippen molar-refractivity contribution in [2.24, 2.45) is 0 Å². The van der Waals surface area contributed by atoms with E-state index in [1.165, 1.54) is 10.0 Å². The van der Waals surface area contributed by atoms with Crippen molar-refractivity contribution in [1.82, 2.24) is 29.1 Å². The highest BCUT2D eigenvalue weighted by Crippen LogP contribution is 2.45. The first-order valence-electron chi connectivity index (χ1n) is 13.1. The number of carbonyl (C=O) groups excluding carboxylic acids is 2. The predicted molar refractivity (Wildman–Crippen MR) is 138 cm³/mol. The summed E-state index contributed by atoms with van der Waals surface area (Å²) in [5.74, 6) is -0.645. The molecule has 0 spiro atoms. The topological polar surface area (TPSA) is 67.6 Å². The smallest absolute Gasteiger partial charge is 0.323 e. The summed E-state index contributed by atoms with van der Waals surface area (Å²) in [4.78, 5) is 38.3. The van der Waals surface area contributed by atoms with Crippen molar-refractivity contribution in [2.45, 2.75) is 31.7 Å². The van der Waals surface area contributed by atoms with E-state index < -0.39 is 12.0 Å². The number of aromatic nitrogens is 2. The minimum absolute atomic E-state index is 0.250. The number of nitrogens with zero attached hydrogens (tertiary/aromatic N) is 7. The van der Waals surface area contributed by atoms with Crippen LogP contribution in [0.15, 0.2) is 48.7 Å². The van der Waals surface area contributed by atoms with Gasteiger partial charge in [-0.15, -0.1) is 0 Å². The van der Waals surface area contributed by atoms with E-state index in [2.05, 4.69) is 9.88 Å². The quantitative estimate of drug-likeness (QED) is 0.502. The first-order valence-corrected chi connectivity index (χ1v) is 13.1. The minimum atomic E-state index is -0.833. The van der Waals surface area contributed by atoms with Gasteiger partial charge in [0.2, 0.25) is 5.95 Å². The number of imidazole rings is 1. The first kappa shape index (κ1) is 23.7. The number of piperazine rings is 1. The maximum atomic E-state index is 15.6. The fraction of sp³-hybridized carbons (Fsp3) is 0.444. The van der Waals surface area contributed by atoms with E-state index in [4.69, 9.17) is 0 Å². The highest BCUT2D eigenvalue weighted by atomic mass is 19.1. The molecule has 2 fully saturated rings. The van der Waals surface area contributed by atoms with Crippen LogP contribution in [-0.4, -0.2) is 87.5 Å². The monoisotopic (exact) mass is 505 g/mol. The molecule has 10 heteroatoms. The van der Waals surface area contributed by atoms with Crippen LogP contribution < -0.4 is 5.01 Å². The molecular formula is C27H32FN7O2. The van der Waals surface area contributed by atoms with Crippen molar-refractivity contribution in [3.8, 4) is 0 Å². The number of carbonyl (C=O) groups is 2. The highest BCUT2D eigenvalue weighted by molar-refractivity contribution is 5.98. The van der Waals surface area contributed by atoms with E-state index in [1.54, 1.807) is 27.6 Å². The van der Waals surface area contributed by atoms with Gasteiger partial charge in [-0.1, -0.05) is 37.1 Å². The number of likely N-dealkylation sites (N-methyl/N-ethyl adjacent to an activating group) is 1. The van der Waals surface area contributed by atoms with Crippen LogP contribution in [0.1, 0.15) is 43.0 Å². The molecule has 37 heavy (non-hydrogen) atoms. The Hall–Kier alpha value is -3.66. The molecule has 3 aromatic rings. The summed E-state index contributed by atoms with van der Waals surface area (Å²) >= 11 is 0. The Balaban J connectivity index is 1.50. The number of rotatable bonds is 1. The molecule has 2 aromatic heterocycles. The van der Waals surface area contributed by atoms with E-state index >= 15 is 4.39 Å². The third-order valence-corrected chi connectivity index (χ3v) is 7.73. The largest absolute Gasteiger partial charge is 0.343 e. The molecule has 5 heterocycles. The number of amides is 4. The van der Waals surface area contributed by atoms with E-state index in [0.29, 0.717) is 43.1 Å². The number of hydrogen-bond acceptors (Lipinski definition) is 4. The maximum absolute atomic E-state index is 15.6. The molecule has 3 aliphatic rings. The number of fused-ring (bicyclic) bond motifs is 2. The fourth-order valence-electron chi connectivity index (χ4n) is 5.70. The van der Waals surface area contributed by atoms with Gasteiger partial charge in [0, 0.05) is 51.0 Å². The van der Waals surface area contributed by atoms with Crippen LogP contribution >= 0.6 is 0 Å². The van der Waals surface area contributed by atoms with Gasteiger partial charge in [0.25, 0.3) is 0 Å². The van der Waals surface area contributed by atoms with Gasteiger partial charge in [0.15, 0.2) is 0 Å². The van der Waals surface area contributed by atoms with Crippen molar-refractivity contribution in [2.75, 3.05) is 51.3 Å². The third kappa shape index (κ3) is 4.09. The highest BCUT2D eigenvalue weighted by Gasteiger charge is 2.48. The van der Waals surface area contributed by atoms with Crippen LogP contribution in [-0.2, 0) is 0 Å². The van der Waals surface area contributed by atoms with Gasteiger partial charge in [0.1, 0.15) is 17.4 Å². The van der Waals surface area contributed by atoms with Gasteiger partial charge in [0.05, 0.1) is 5.69 Å². The number of hydrazine groups is 1. The van der Waals surface area contributed by atoms with E-state index in [-0.39, 0.29) is 17.8 Å². The van der Waals surface area contributed by atoms with Crippen LogP contribution in [0.25, 0.3) is 5.65 Å². The second-order valence-corrected chi connectivity index (χ2v) is 10.1. The number of para-hydroxylation sites is 1. The summed E-state index contributed by atoms with van der Waals surface area (Å²) in [7, 11) is 2.03. The molecule has 3 aliphatic heterocycles. The summed E-state index contributed by atoms with van der Waals surface area (Å²) in [5.41, 5.74) is 2.01. The van der Waals surface area contributed by atoms with Crippen molar-refractivity contribution >= 4 is 23.4 Å². The van der Waals surface area contributed by atoms with Crippen LogP contribution in [0.4, 0.5) is 19.7 Å². The summed E-state index contributed by atoms with van der Waals surface area (Å²) in [5, 5.41) is 2.97. The standard InChI is InChI=1S/C27H32FN7O2/c1-30-16-18-32(19-17-30)26(36)34-21-11-5-4-10-20(21)23(24-25(28)29-22-12-6-9-15-33(22)24)35(34)27(37)31-13-7-2-3-8-14-31/h4-6,9-12,15,23H,2-3,7-8,13-14,16-19H2,1H3. The Bertz CT molecular complexity index is 1310. The maximum Gasteiger partial charge on any atom is 0.343 e. The van der Waals surface area contributed by atoms with E-state index in [0.717, 1.165) is 38.8 Å². The van der Waals surface area contributed by atoms with Crippen molar-refractivity contribution in [3.05, 3.63) is 65.9 Å². The molecule has 0 saturated carbocycles. The predicted octanol–water partition coefficient (Wildman–Crippen LogP) is 3.96. The Morgan fingerprint density at radius 2 is 1.51 bits per heavy atom. The molecule has 6 rings (SSSR count). The van der Waals surface area contributed by atoms with Gasteiger partial charge < -0.3 is 14.7 Å². The van der Waals surface area contributed by atoms with Crippen molar-refractivity contribution in [1.29, 1.82) is 0 Å².